The quantitative estimate of drug-likeness (QED) is 0.262. The van der Waals surface area contributed by atoms with Gasteiger partial charge in [0.05, 0.1) is 0 Å². The first-order chi connectivity index (χ1) is 14.5. The summed E-state index contributed by atoms with van der Waals surface area (Å²) in [5, 5.41) is 0. The lowest BCUT2D eigenvalue weighted by Gasteiger charge is -2.23. The highest BCUT2D eigenvalue weighted by atomic mass is 32.2. The average molecular weight is 427 g/mol. The SMILES string of the molecule is CC(C)(C)c1ccccc1-c1ccccc1.c1ccc2c(c1)Sc1ccccc1S2. The third-order valence-electron chi connectivity index (χ3n) is 4.96. The van der Waals surface area contributed by atoms with Crippen LogP contribution in [0.1, 0.15) is 26.3 Å². The molecule has 2 heteroatoms. The lowest BCUT2D eigenvalue weighted by atomic mass is 9.82. The van der Waals surface area contributed by atoms with Crippen molar-refractivity contribution in [1.82, 2.24) is 0 Å². The van der Waals surface area contributed by atoms with Crippen molar-refractivity contribution in [2.75, 3.05) is 0 Å². The highest BCUT2D eigenvalue weighted by Crippen LogP contribution is 2.47. The molecule has 0 aromatic heterocycles. The predicted molar refractivity (Wildman–Crippen MR) is 132 cm³/mol. The summed E-state index contributed by atoms with van der Waals surface area (Å²) >= 11 is 3.72. The Labute approximate surface area is 188 Å². The van der Waals surface area contributed by atoms with E-state index < -0.39 is 0 Å². The van der Waals surface area contributed by atoms with E-state index in [0.29, 0.717) is 0 Å². The molecule has 0 N–H and O–H groups in total. The van der Waals surface area contributed by atoms with Crippen LogP contribution in [0.2, 0.25) is 0 Å². The van der Waals surface area contributed by atoms with Crippen molar-refractivity contribution in [2.24, 2.45) is 0 Å². The summed E-state index contributed by atoms with van der Waals surface area (Å²) in [6.45, 7) is 6.78. The largest absolute Gasteiger partial charge is 0.0877 e. The summed E-state index contributed by atoms with van der Waals surface area (Å²) in [5.41, 5.74) is 4.23. The zero-order chi connectivity index (χ0) is 21.0. The number of rotatable bonds is 1. The number of hydrogen-bond acceptors (Lipinski definition) is 2. The molecule has 0 spiro atoms. The molecule has 1 heterocycles. The minimum absolute atomic E-state index is 0.187. The van der Waals surface area contributed by atoms with Gasteiger partial charge in [-0.2, -0.15) is 0 Å². The van der Waals surface area contributed by atoms with Crippen LogP contribution in [-0.4, -0.2) is 0 Å². The molecule has 0 atom stereocenters. The number of hydrogen-bond donors (Lipinski definition) is 0. The van der Waals surface area contributed by atoms with Gasteiger partial charge in [0, 0.05) is 19.6 Å². The zero-order valence-electron chi connectivity index (χ0n) is 17.6. The van der Waals surface area contributed by atoms with Gasteiger partial charge < -0.3 is 0 Å². The van der Waals surface area contributed by atoms with E-state index >= 15 is 0 Å². The maximum absolute atomic E-state index is 2.26. The topological polar surface area (TPSA) is 0 Å². The van der Waals surface area contributed by atoms with E-state index in [-0.39, 0.29) is 5.41 Å². The van der Waals surface area contributed by atoms with E-state index in [9.17, 15) is 0 Å². The molecule has 0 bridgehead atoms. The van der Waals surface area contributed by atoms with Crippen molar-refractivity contribution in [3.05, 3.63) is 109 Å². The molecule has 1 aliphatic heterocycles. The number of fused-ring (bicyclic) bond motifs is 2. The van der Waals surface area contributed by atoms with Crippen LogP contribution in [0, 0.1) is 0 Å². The fourth-order valence-corrected chi connectivity index (χ4v) is 5.72. The molecule has 0 saturated heterocycles. The van der Waals surface area contributed by atoms with E-state index in [1.165, 1.54) is 36.3 Å². The van der Waals surface area contributed by atoms with Gasteiger partial charge in [-0.15, -0.1) is 0 Å². The molecule has 0 radical (unpaired) electrons. The molecule has 0 fully saturated rings. The highest BCUT2D eigenvalue weighted by Gasteiger charge is 2.17. The molecular formula is C28H26S2. The third-order valence-corrected chi connectivity index (χ3v) is 7.52. The Morgan fingerprint density at radius 3 is 1.33 bits per heavy atom. The van der Waals surface area contributed by atoms with Gasteiger partial charge in [-0.3, -0.25) is 0 Å². The fraction of sp³-hybridized carbons (Fsp3) is 0.143. The monoisotopic (exact) mass is 426 g/mol. The Morgan fingerprint density at radius 2 is 0.867 bits per heavy atom. The summed E-state index contributed by atoms with van der Waals surface area (Å²) in [4.78, 5) is 5.49. The van der Waals surface area contributed by atoms with Gasteiger partial charge in [0.2, 0.25) is 0 Å². The Hall–Kier alpha value is -2.42. The summed E-state index contributed by atoms with van der Waals surface area (Å²) in [6, 6.07) is 36.4. The van der Waals surface area contributed by atoms with Gasteiger partial charge in [0.15, 0.2) is 0 Å². The van der Waals surface area contributed by atoms with Crippen LogP contribution in [0.3, 0.4) is 0 Å². The molecular weight excluding hydrogens is 400 g/mol. The van der Waals surface area contributed by atoms with Crippen molar-refractivity contribution in [2.45, 2.75) is 45.8 Å². The van der Waals surface area contributed by atoms with Crippen LogP contribution in [0.15, 0.2) is 123 Å². The van der Waals surface area contributed by atoms with Crippen LogP contribution >= 0.6 is 23.5 Å². The Bertz CT molecular complexity index is 1040. The van der Waals surface area contributed by atoms with E-state index in [2.05, 4.69) is 124 Å². The molecule has 4 aromatic rings. The van der Waals surface area contributed by atoms with Crippen molar-refractivity contribution in [3.63, 3.8) is 0 Å². The maximum Gasteiger partial charge on any atom is 0.0262 e. The Kier molecular flexibility index (Phi) is 6.36. The third kappa shape index (κ3) is 4.83. The smallest absolute Gasteiger partial charge is 0.0262 e. The minimum Gasteiger partial charge on any atom is -0.0877 e. The summed E-state index contributed by atoms with van der Waals surface area (Å²) in [5.74, 6) is 0. The summed E-state index contributed by atoms with van der Waals surface area (Å²) in [7, 11) is 0. The maximum atomic E-state index is 2.26. The lowest BCUT2D eigenvalue weighted by molar-refractivity contribution is 0.592. The molecule has 4 aromatic carbocycles. The first-order valence-electron chi connectivity index (χ1n) is 10.2. The van der Waals surface area contributed by atoms with Crippen molar-refractivity contribution in [1.29, 1.82) is 0 Å². The molecule has 150 valence electrons. The summed E-state index contributed by atoms with van der Waals surface area (Å²) < 4.78 is 0. The lowest BCUT2D eigenvalue weighted by Crippen LogP contribution is -2.12. The molecule has 0 aliphatic carbocycles. The summed E-state index contributed by atoms with van der Waals surface area (Å²) in [6.07, 6.45) is 0. The van der Waals surface area contributed by atoms with Gasteiger partial charge in [0.1, 0.15) is 0 Å². The molecule has 0 unspecified atom stereocenters. The molecule has 0 saturated carbocycles. The van der Waals surface area contributed by atoms with E-state index in [4.69, 9.17) is 0 Å². The second kappa shape index (κ2) is 9.16. The van der Waals surface area contributed by atoms with E-state index in [0.717, 1.165) is 0 Å². The zero-order valence-corrected chi connectivity index (χ0v) is 19.3. The van der Waals surface area contributed by atoms with Crippen molar-refractivity contribution >= 4 is 23.5 Å². The van der Waals surface area contributed by atoms with Gasteiger partial charge in [0.25, 0.3) is 0 Å². The van der Waals surface area contributed by atoms with Crippen molar-refractivity contribution < 1.29 is 0 Å². The Balaban J connectivity index is 0.000000146. The molecule has 30 heavy (non-hydrogen) atoms. The van der Waals surface area contributed by atoms with Gasteiger partial charge >= 0.3 is 0 Å². The first kappa shape index (κ1) is 20.8. The average Bonchev–Trinajstić information content (AvgIpc) is 2.78. The van der Waals surface area contributed by atoms with E-state index in [1.807, 2.05) is 23.5 Å². The highest BCUT2D eigenvalue weighted by molar-refractivity contribution is 8.05. The first-order valence-corrected chi connectivity index (χ1v) is 11.8. The van der Waals surface area contributed by atoms with Crippen LogP contribution in [0.4, 0.5) is 0 Å². The van der Waals surface area contributed by atoms with Gasteiger partial charge in [-0.25, -0.2) is 0 Å². The van der Waals surface area contributed by atoms with Crippen LogP contribution in [0.5, 0.6) is 0 Å². The second-order valence-electron chi connectivity index (χ2n) is 8.26. The predicted octanol–water partition coefficient (Wildman–Crippen LogP) is 8.95. The van der Waals surface area contributed by atoms with Crippen LogP contribution in [-0.2, 0) is 5.41 Å². The Morgan fingerprint density at radius 1 is 0.467 bits per heavy atom. The molecule has 5 rings (SSSR count). The second-order valence-corrected chi connectivity index (χ2v) is 10.4. The van der Waals surface area contributed by atoms with E-state index in [1.54, 1.807) is 0 Å². The fourth-order valence-electron chi connectivity index (χ4n) is 3.48. The van der Waals surface area contributed by atoms with Crippen LogP contribution < -0.4 is 0 Å². The van der Waals surface area contributed by atoms with Crippen LogP contribution in [0.25, 0.3) is 11.1 Å². The standard InChI is InChI=1S/C16H18.C12H8S2/c1-16(2,3)15-12-8-7-11-14(15)13-9-5-4-6-10-13;1-2-6-10-9(5-1)13-11-7-3-4-8-12(11)14-10/h4-12H,1-3H3;1-8H. The molecule has 0 amide bonds. The normalized spacial score (nSPS) is 12.2. The van der Waals surface area contributed by atoms with Gasteiger partial charge in [-0.1, -0.05) is 123 Å². The minimum atomic E-state index is 0.187. The molecule has 1 aliphatic rings. The molecule has 0 nitrogen and oxygen atoms in total. The van der Waals surface area contributed by atoms with Gasteiger partial charge in [-0.05, 0) is 46.4 Å². The number of benzene rings is 4. The van der Waals surface area contributed by atoms with Crippen molar-refractivity contribution in [3.8, 4) is 11.1 Å².